The number of nitrogens with zero attached hydrogens (tertiary/aromatic N) is 3. The van der Waals surface area contributed by atoms with E-state index in [1.807, 2.05) is 32.9 Å². The fourth-order valence-electron chi connectivity index (χ4n) is 5.75. The molecule has 1 amide bonds. The van der Waals surface area contributed by atoms with Gasteiger partial charge in [0.2, 0.25) is 11.7 Å². The average Bonchev–Trinajstić information content (AvgIpc) is 2.85. The van der Waals surface area contributed by atoms with E-state index in [4.69, 9.17) is 4.74 Å². The summed E-state index contributed by atoms with van der Waals surface area (Å²) in [6.07, 6.45) is 1.57. The smallest absolute Gasteiger partial charge is 0.340 e. The highest BCUT2D eigenvalue weighted by atomic mass is 19.1. The Bertz CT molecular complexity index is 1390. The fraction of sp³-hybridized carbons (Fsp3) is 0.444. The third-order valence-electron chi connectivity index (χ3n) is 7.36. The van der Waals surface area contributed by atoms with Crippen LogP contribution in [0.2, 0.25) is 0 Å². The van der Waals surface area contributed by atoms with Gasteiger partial charge in [-0.2, -0.15) is 0 Å². The Hall–Kier alpha value is -4.22. The van der Waals surface area contributed by atoms with Crippen molar-refractivity contribution in [1.29, 1.82) is 0 Å². The minimum absolute atomic E-state index is 0.00628. The van der Waals surface area contributed by atoms with Crippen molar-refractivity contribution >= 4 is 17.7 Å². The molecular formula is C27H29FN4O7. The van der Waals surface area contributed by atoms with Gasteiger partial charge in [0.05, 0.1) is 11.7 Å². The Morgan fingerprint density at radius 3 is 2.59 bits per heavy atom. The Balaban J connectivity index is 1.74. The monoisotopic (exact) mass is 540 g/mol. The van der Waals surface area contributed by atoms with Crippen molar-refractivity contribution in [2.45, 2.75) is 57.8 Å². The fourth-order valence-corrected chi connectivity index (χ4v) is 5.75. The zero-order valence-electron chi connectivity index (χ0n) is 21.9. The van der Waals surface area contributed by atoms with Gasteiger partial charge < -0.3 is 25.0 Å². The summed E-state index contributed by atoms with van der Waals surface area (Å²) in [7, 11) is 0. The van der Waals surface area contributed by atoms with Gasteiger partial charge in [0.15, 0.2) is 11.5 Å². The van der Waals surface area contributed by atoms with Gasteiger partial charge in [0.1, 0.15) is 29.8 Å². The summed E-state index contributed by atoms with van der Waals surface area (Å²) >= 11 is 0. The Labute approximate surface area is 223 Å². The zero-order valence-corrected chi connectivity index (χ0v) is 21.9. The quantitative estimate of drug-likeness (QED) is 0.334. The van der Waals surface area contributed by atoms with Crippen LogP contribution < -0.4 is 5.32 Å². The number of hydrogen-bond donors (Lipinski definition) is 2. The lowest BCUT2D eigenvalue weighted by atomic mass is 9.78. The number of fused-ring (bicyclic) bond motifs is 1. The molecule has 12 heteroatoms. The molecule has 4 atom stereocenters. The third-order valence-corrected chi connectivity index (χ3v) is 7.36. The minimum Gasteiger partial charge on any atom is -0.487 e. The number of Topliss-reactive ketones (excluding diaryl/α,β-unsaturated/α-hetero) is 1. The molecule has 1 aromatic rings. The molecule has 206 valence electrons. The van der Waals surface area contributed by atoms with Crippen LogP contribution in [0.15, 0.2) is 59.0 Å². The summed E-state index contributed by atoms with van der Waals surface area (Å²) < 4.78 is 22.4. The van der Waals surface area contributed by atoms with Crippen molar-refractivity contribution < 1.29 is 33.5 Å². The van der Waals surface area contributed by atoms with Crippen molar-refractivity contribution in [3.63, 3.8) is 0 Å². The number of amides is 1. The van der Waals surface area contributed by atoms with Crippen LogP contribution in [0.4, 0.5) is 4.39 Å². The maximum absolute atomic E-state index is 16.5. The molecule has 0 aromatic heterocycles. The van der Waals surface area contributed by atoms with Crippen molar-refractivity contribution in [2.24, 2.45) is 5.92 Å². The van der Waals surface area contributed by atoms with E-state index in [2.05, 4.69) is 5.32 Å². The molecule has 0 radical (unpaired) electrons. The second-order valence-corrected chi connectivity index (χ2v) is 11.2. The van der Waals surface area contributed by atoms with Crippen LogP contribution in [0.3, 0.4) is 0 Å². The highest BCUT2D eigenvalue weighted by molar-refractivity contribution is 6.19. The molecule has 0 bridgehead atoms. The number of rotatable bonds is 4. The van der Waals surface area contributed by atoms with Gasteiger partial charge in [0.25, 0.3) is 6.04 Å². The number of carbonyl (C=O) groups excluding carboxylic acids is 2. The molecule has 39 heavy (non-hydrogen) atoms. The molecule has 1 aliphatic carbocycles. The van der Waals surface area contributed by atoms with Crippen molar-refractivity contribution in [3.05, 3.63) is 80.3 Å². The molecular weight excluding hydrogens is 511 g/mol. The van der Waals surface area contributed by atoms with Crippen molar-refractivity contribution in [3.8, 4) is 0 Å². The van der Waals surface area contributed by atoms with Crippen LogP contribution in [-0.4, -0.2) is 68.3 Å². The molecule has 0 saturated heterocycles. The number of aliphatic carboxylic acids is 1. The first kappa shape index (κ1) is 26.4. The molecule has 4 unspecified atom stereocenters. The predicted octanol–water partition coefficient (Wildman–Crippen LogP) is 2.44. The number of hydrogen-bond acceptors (Lipinski definition) is 8. The van der Waals surface area contributed by atoms with Crippen LogP contribution in [0.5, 0.6) is 0 Å². The highest BCUT2D eigenvalue weighted by Crippen LogP contribution is 2.49. The Kier molecular flexibility index (Phi) is 6.23. The lowest BCUT2D eigenvalue weighted by Gasteiger charge is -2.48. The second kappa shape index (κ2) is 9.21. The number of ether oxygens (including phenoxy) is 1. The van der Waals surface area contributed by atoms with Crippen LogP contribution >= 0.6 is 0 Å². The first-order valence-electron chi connectivity index (χ1n) is 12.7. The van der Waals surface area contributed by atoms with Gasteiger partial charge in [-0.05, 0) is 45.2 Å². The number of carboxylic acid groups (broad SMARTS) is 1. The molecule has 4 aliphatic rings. The third kappa shape index (κ3) is 4.23. The van der Waals surface area contributed by atoms with E-state index in [0.29, 0.717) is 12.0 Å². The summed E-state index contributed by atoms with van der Waals surface area (Å²) in [5, 5.41) is 24.9. The summed E-state index contributed by atoms with van der Waals surface area (Å²) in [6, 6.07) is 3.55. The normalized spacial score (nSPS) is 26.4. The van der Waals surface area contributed by atoms with Gasteiger partial charge in [0, 0.05) is 23.2 Å². The van der Waals surface area contributed by atoms with E-state index in [9.17, 15) is 29.6 Å². The van der Waals surface area contributed by atoms with Crippen LogP contribution in [0.25, 0.3) is 0 Å². The van der Waals surface area contributed by atoms with E-state index in [1.165, 1.54) is 9.80 Å². The molecule has 11 nitrogen and oxygen atoms in total. The van der Waals surface area contributed by atoms with Gasteiger partial charge in [-0.25, -0.2) is 9.18 Å². The topological polar surface area (TPSA) is 142 Å². The SMILES string of the molecule is CC1COC2=C3C(C(=O)C(C(=O)O)=CN31)C([N+](=O)[O-])C(F)=C2N1CCc2ccccc2C1C(=O)NC(C)(C)C. The maximum atomic E-state index is 16.5. The van der Waals surface area contributed by atoms with E-state index in [1.54, 1.807) is 19.1 Å². The number of benzene rings is 1. The van der Waals surface area contributed by atoms with Crippen LogP contribution in [-0.2, 0) is 25.5 Å². The van der Waals surface area contributed by atoms with E-state index in [0.717, 1.165) is 11.8 Å². The molecule has 3 heterocycles. The van der Waals surface area contributed by atoms with E-state index in [-0.39, 0.29) is 30.3 Å². The first-order valence-corrected chi connectivity index (χ1v) is 12.7. The number of nitrogens with one attached hydrogen (secondary N) is 1. The lowest BCUT2D eigenvalue weighted by Crippen LogP contribution is -2.55. The largest absolute Gasteiger partial charge is 0.487 e. The van der Waals surface area contributed by atoms with Crippen LogP contribution in [0, 0.1) is 16.0 Å². The minimum atomic E-state index is -2.19. The molecule has 2 N–H and O–H groups in total. The van der Waals surface area contributed by atoms with Gasteiger partial charge in [-0.3, -0.25) is 19.7 Å². The second-order valence-electron chi connectivity index (χ2n) is 11.2. The number of ketones is 1. The predicted molar refractivity (Wildman–Crippen MR) is 135 cm³/mol. The van der Waals surface area contributed by atoms with Crippen molar-refractivity contribution in [2.75, 3.05) is 13.2 Å². The summed E-state index contributed by atoms with van der Waals surface area (Å²) in [6.45, 7) is 7.30. The number of nitro groups is 1. The Morgan fingerprint density at radius 2 is 1.95 bits per heavy atom. The van der Waals surface area contributed by atoms with Crippen LogP contribution in [0.1, 0.15) is 44.9 Å². The summed E-state index contributed by atoms with van der Waals surface area (Å²) in [5.74, 6) is -6.10. The lowest BCUT2D eigenvalue weighted by molar-refractivity contribution is -0.521. The van der Waals surface area contributed by atoms with Gasteiger partial charge in [-0.1, -0.05) is 24.3 Å². The molecule has 0 spiro atoms. The summed E-state index contributed by atoms with van der Waals surface area (Å²) in [4.78, 5) is 53.1. The molecule has 1 aromatic carbocycles. The highest BCUT2D eigenvalue weighted by Gasteiger charge is 2.58. The standard InChI is InChI=1S/C27H29FN4O7/c1-13-12-39-24-21-17(23(33)16(26(35)36)11-31(13)21)20(32(37)38)18(28)22(24)30-10-9-14-7-5-6-8-15(14)19(30)25(34)29-27(2,3)4/h5-8,11,13,17,19-20H,9-10,12H2,1-4H3,(H,29,34)(H,35,36). The van der Waals surface area contributed by atoms with E-state index >= 15 is 4.39 Å². The average molecular weight is 541 g/mol. The summed E-state index contributed by atoms with van der Waals surface area (Å²) in [5.41, 5.74) is 0.0212. The zero-order chi connectivity index (χ0) is 28.4. The molecule has 0 saturated carbocycles. The molecule has 3 aliphatic heterocycles. The Morgan fingerprint density at radius 1 is 1.26 bits per heavy atom. The maximum Gasteiger partial charge on any atom is 0.340 e. The van der Waals surface area contributed by atoms with Gasteiger partial charge >= 0.3 is 5.97 Å². The first-order chi connectivity index (χ1) is 18.3. The number of halogens is 1. The molecule has 5 rings (SSSR count). The van der Waals surface area contributed by atoms with Crippen molar-refractivity contribution in [1.82, 2.24) is 15.1 Å². The van der Waals surface area contributed by atoms with E-state index < -0.39 is 63.6 Å². The van der Waals surface area contributed by atoms with Gasteiger partial charge in [-0.15, -0.1) is 0 Å². The number of carbonyl (C=O) groups is 3. The molecule has 0 fully saturated rings. The number of carboxylic acids is 1.